The lowest BCUT2D eigenvalue weighted by Crippen LogP contribution is -2.37. The van der Waals surface area contributed by atoms with Crippen molar-refractivity contribution in [2.75, 3.05) is 19.7 Å². The molecule has 1 aliphatic heterocycles. The van der Waals surface area contributed by atoms with Crippen molar-refractivity contribution in [3.63, 3.8) is 0 Å². The Labute approximate surface area is 146 Å². The maximum atomic E-state index is 5.92. The van der Waals surface area contributed by atoms with Gasteiger partial charge in [-0.3, -0.25) is 9.58 Å². The topological polar surface area (TPSA) is 61.0 Å². The molecule has 0 amide bonds. The second-order valence-corrected chi connectivity index (χ2v) is 6.50. The molecule has 0 bridgehead atoms. The number of hydrogen-bond acceptors (Lipinski definition) is 5. The maximum absolute atomic E-state index is 5.92. The van der Waals surface area contributed by atoms with E-state index >= 15 is 0 Å². The molecular weight excluding hydrogens is 316 g/mol. The van der Waals surface area contributed by atoms with E-state index in [9.17, 15) is 0 Å². The third-order valence-electron chi connectivity index (χ3n) is 4.58. The van der Waals surface area contributed by atoms with E-state index in [2.05, 4.69) is 45.2 Å². The third-order valence-corrected chi connectivity index (χ3v) is 4.58. The van der Waals surface area contributed by atoms with Gasteiger partial charge in [-0.25, -0.2) is 9.67 Å². The van der Waals surface area contributed by atoms with E-state index < -0.39 is 0 Å². The van der Waals surface area contributed by atoms with Crippen LogP contribution in [0.15, 0.2) is 43.2 Å². The molecular formula is C18H22N6O. The molecule has 2 aromatic heterocycles. The van der Waals surface area contributed by atoms with Crippen LogP contribution in [0.2, 0.25) is 0 Å². The van der Waals surface area contributed by atoms with Gasteiger partial charge in [-0.05, 0) is 24.1 Å². The van der Waals surface area contributed by atoms with Crippen LogP contribution in [0.1, 0.15) is 22.8 Å². The van der Waals surface area contributed by atoms with E-state index in [1.807, 2.05) is 24.1 Å². The molecule has 7 nitrogen and oxygen atoms in total. The van der Waals surface area contributed by atoms with Crippen molar-refractivity contribution < 1.29 is 4.74 Å². The zero-order chi connectivity index (χ0) is 17.2. The smallest absolute Gasteiger partial charge is 0.138 e. The minimum absolute atomic E-state index is 0.0953. The Kier molecular flexibility index (Phi) is 4.33. The predicted octanol–water partition coefficient (Wildman–Crippen LogP) is 1.88. The quantitative estimate of drug-likeness (QED) is 0.727. The Bertz CT molecular complexity index is 841. The first kappa shape index (κ1) is 16.0. The van der Waals surface area contributed by atoms with Crippen LogP contribution in [0.4, 0.5) is 0 Å². The molecule has 1 fully saturated rings. The molecule has 1 atom stereocenters. The number of nitrogens with zero attached hydrogens (tertiary/aromatic N) is 6. The Morgan fingerprint density at radius 2 is 2.20 bits per heavy atom. The fourth-order valence-electron chi connectivity index (χ4n) is 3.32. The fourth-order valence-corrected chi connectivity index (χ4v) is 3.32. The molecule has 0 saturated carbocycles. The highest BCUT2D eigenvalue weighted by Crippen LogP contribution is 2.23. The SMILES string of the molecule is Cc1cc(CN2CCO[C@@H](c3cnn(C)c3)C2)ccc1-n1cncn1. The summed E-state index contributed by atoms with van der Waals surface area (Å²) in [5.41, 5.74) is 4.70. The Morgan fingerprint density at radius 3 is 2.92 bits per heavy atom. The summed E-state index contributed by atoms with van der Waals surface area (Å²) < 4.78 is 9.54. The number of hydrogen-bond donors (Lipinski definition) is 0. The lowest BCUT2D eigenvalue weighted by molar-refractivity contribution is -0.0329. The van der Waals surface area contributed by atoms with Crippen LogP contribution in [0.3, 0.4) is 0 Å². The van der Waals surface area contributed by atoms with E-state index in [1.54, 1.807) is 17.3 Å². The van der Waals surface area contributed by atoms with Crippen LogP contribution < -0.4 is 0 Å². The molecule has 0 spiro atoms. The van der Waals surface area contributed by atoms with Gasteiger partial charge in [0.25, 0.3) is 0 Å². The third kappa shape index (κ3) is 3.47. The van der Waals surface area contributed by atoms with Gasteiger partial charge < -0.3 is 4.74 Å². The van der Waals surface area contributed by atoms with Crippen LogP contribution in [0.25, 0.3) is 5.69 Å². The normalized spacial score (nSPS) is 18.6. The Morgan fingerprint density at radius 1 is 1.28 bits per heavy atom. The Balaban J connectivity index is 1.45. The van der Waals surface area contributed by atoms with E-state index in [1.165, 1.54) is 11.1 Å². The zero-order valence-electron chi connectivity index (χ0n) is 14.5. The summed E-state index contributed by atoms with van der Waals surface area (Å²) in [6, 6.07) is 6.50. The minimum Gasteiger partial charge on any atom is -0.371 e. The summed E-state index contributed by atoms with van der Waals surface area (Å²) in [4.78, 5) is 6.45. The largest absolute Gasteiger partial charge is 0.371 e. The molecule has 7 heteroatoms. The summed E-state index contributed by atoms with van der Waals surface area (Å²) in [5, 5.41) is 8.46. The first-order valence-electron chi connectivity index (χ1n) is 8.46. The number of rotatable bonds is 4. The van der Waals surface area contributed by atoms with Crippen molar-refractivity contribution in [3.05, 3.63) is 59.9 Å². The molecule has 25 heavy (non-hydrogen) atoms. The predicted molar refractivity (Wildman–Crippen MR) is 93.3 cm³/mol. The van der Waals surface area contributed by atoms with Crippen molar-refractivity contribution in [2.45, 2.75) is 19.6 Å². The highest BCUT2D eigenvalue weighted by molar-refractivity contribution is 5.41. The van der Waals surface area contributed by atoms with Gasteiger partial charge in [0, 0.05) is 38.4 Å². The van der Waals surface area contributed by atoms with Crippen molar-refractivity contribution in [1.29, 1.82) is 0 Å². The van der Waals surface area contributed by atoms with E-state index in [4.69, 9.17) is 4.74 Å². The fraction of sp³-hybridized carbons (Fsp3) is 0.389. The molecule has 3 aromatic rings. The molecule has 3 heterocycles. The van der Waals surface area contributed by atoms with E-state index in [0.717, 1.165) is 37.5 Å². The van der Waals surface area contributed by atoms with Crippen molar-refractivity contribution in [1.82, 2.24) is 29.4 Å². The minimum atomic E-state index is 0.0953. The van der Waals surface area contributed by atoms with Gasteiger partial charge in [0.1, 0.15) is 12.7 Å². The van der Waals surface area contributed by atoms with Crippen LogP contribution in [-0.2, 0) is 18.3 Å². The van der Waals surface area contributed by atoms with Gasteiger partial charge in [0.2, 0.25) is 0 Å². The number of benzene rings is 1. The summed E-state index contributed by atoms with van der Waals surface area (Å²) in [7, 11) is 1.93. The van der Waals surface area contributed by atoms with Crippen LogP contribution >= 0.6 is 0 Å². The van der Waals surface area contributed by atoms with Crippen molar-refractivity contribution in [2.24, 2.45) is 7.05 Å². The number of aromatic nitrogens is 5. The van der Waals surface area contributed by atoms with Gasteiger partial charge in [0.15, 0.2) is 0 Å². The monoisotopic (exact) mass is 338 g/mol. The van der Waals surface area contributed by atoms with Gasteiger partial charge >= 0.3 is 0 Å². The highest BCUT2D eigenvalue weighted by atomic mass is 16.5. The van der Waals surface area contributed by atoms with Crippen LogP contribution in [0.5, 0.6) is 0 Å². The summed E-state index contributed by atoms with van der Waals surface area (Å²) in [6.07, 6.45) is 7.30. The summed E-state index contributed by atoms with van der Waals surface area (Å²) in [5.74, 6) is 0. The van der Waals surface area contributed by atoms with Crippen molar-refractivity contribution >= 4 is 0 Å². The Hall–Kier alpha value is -2.51. The number of morpholine rings is 1. The lowest BCUT2D eigenvalue weighted by atomic mass is 10.1. The highest BCUT2D eigenvalue weighted by Gasteiger charge is 2.23. The van der Waals surface area contributed by atoms with Crippen LogP contribution in [0, 0.1) is 6.92 Å². The molecule has 0 radical (unpaired) electrons. The average molecular weight is 338 g/mol. The van der Waals surface area contributed by atoms with E-state index in [-0.39, 0.29) is 6.10 Å². The lowest BCUT2D eigenvalue weighted by Gasteiger charge is -2.32. The molecule has 4 rings (SSSR count). The second kappa shape index (κ2) is 6.78. The standard InChI is InChI=1S/C18H22N6O/c1-14-7-15(3-4-17(14)24-13-19-12-21-24)9-23-5-6-25-18(11-23)16-8-20-22(2)10-16/h3-4,7-8,10,12-13,18H,5-6,9,11H2,1-2H3/t18-/m1/s1. The molecule has 1 aliphatic rings. The first-order valence-corrected chi connectivity index (χ1v) is 8.46. The average Bonchev–Trinajstić information content (AvgIpc) is 3.27. The van der Waals surface area contributed by atoms with Gasteiger partial charge in [-0.2, -0.15) is 10.2 Å². The number of aryl methyl sites for hydroxylation is 2. The molecule has 1 aromatic carbocycles. The summed E-state index contributed by atoms with van der Waals surface area (Å²) >= 11 is 0. The molecule has 130 valence electrons. The zero-order valence-corrected chi connectivity index (χ0v) is 14.5. The maximum Gasteiger partial charge on any atom is 0.138 e. The van der Waals surface area contributed by atoms with Gasteiger partial charge in [0.05, 0.1) is 24.6 Å². The second-order valence-electron chi connectivity index (χ2n) is 6.50. The molecule has 0 N–H and O–H groups in total. The first-order chi connectivity index (χ1) is 12.2. The molecule has 0 aliphatic carbocycles. The molecule has 1 saturated heterocycles. The van der Waals surface area contributed by atoms with Crippen LogP contribution in [-0.4, -0.2) is 49.1 Å². The van der Waals surface area contributed by atoms with Gasteiger partial charge in [-0.1, -0.05) is 12.1 Å². The number of ether oxygens (including phenoxy) is 1. The van der Waals surface area contributed by atoms with E-state index in [0.29, 0.717) is 0 Å². The van der Waals surface area contributed by atoms with Crippen molar-refractivity contribution in [3.8, 4) is 5.69 Å². The summed E-state index contributed by atoms with van der Waals surface area (Å²) in [6.45, 7) is 5.60. The molecule has 0 unspecified atom stereocenters. The van der Waals surface area contributed by atoms with Gasteiger partial charge in [-0.15, -0.1) is 0 Å².